The Labute approximate surface area is 129 Å². The maximum absolute atomic E-state index is 9.51. The fourth-order valence-corrected chi connectivity index (χ4v) is 2.69. The zero-order valence-electron chi connectivity index (χ0n) is 11.7. The first-order valence-corrected chi connectivity index (χ1v) is 7.30. The maximum atomic E-state index is 9.51. The monoisotopic (exact) mass is 315 g/mol. The summed E-state index contributed by atoms with van der Waals surface area (Å²) in [6.07, 6.45) is 3.18. The van der Waals surface area contributed by atoms with Crippen molar-refractivity contribution in [2.24, 2.45) is 10.1 Å². The predicted molar refractivity (Wildman–Crippen MR) is 84.3 cm³/mol. The fraction of sp³-hybridized carbons (Fsp3) is 0.0667. The molecule has 0 fully saturated rings. The molecule has 2 N–H and O–H groups in total. The van der Waals surface area contributed by atoms with E-state index in [0.29, 0.717) is 16.1 Å². The molecule has 3 aromatic rings. The zero-order chi connectivity index (χ0) is 15.5. The minimum absolute atomic E-state index is 0.166. The number of hydrogen-bond donors (Lipinski definition) is 2. The zero-order valence-corrected chi connectivity index (χ0v) is 12.5. The van der Waals surface area contributed by atoms with Gasteiger partial charge < -0.3 is 14.6 Å². The minimum Gasteiger partial charge on any atom is -0.504 e. The van der Waals surface area contributed by atoms with Crippen molar-refractivity contribution in [3.8, 4) is 23.0 Å². The number of aromatic nitrogens is 1. The number of aromatic hydroxyl groups is 2. The van der Waals surface area contributed by atoms with E-state index >= 15 is 0 Å². The lowest BCUT2D eigenvalue weighted by Gasteiger charge is -2.01. The third kappa shape index (κ3) is 2.66. The Morgan fingerprint density at radius 1 is 1.23 bits per heavy atom. The highest BCUT2D eigenvalue weighted by atomic mass is 32.1. The number of furan rings is 1. The Morgan fingerprint density at radius 2 is 2.09 bits per heavy atom. The molecule has 2 heterocycles. The highest BCUT2D eigenvalue weighted by molar-refractivity contribution is 7.07. The molecule has 0 saturated heterocycles. The van der Waals surface area contributed by atoms with Gasteiger partial charge in [0.15, 0.2) is 17.3 Å². The summed E-state index contributed by atoms with van der Waals surface area (Å²) in [6, 6.07) is 8.15. The first-order chi connectivity index (χ1) is 10.7. The lowest BCUT2D eigenvalue weighted by molar-refractivity contribution is 0.403. The second kappa shape index (κ2) is 5.90. The van der Waals surface area contributed by atoms with Gasteiger partial charge in [-0.15, -0.1) is 11.3 Å². The van der Waals surface area contributed by atoms with Crippen molar-refractivity contribution in [3.05, 3.63) is 52.3 Å². The topological polar surface area (TPSA) is 83.2 Å². The largest absolute Gasteiger partial charge is 0.504 e. The molecule has 0 aliphatic carbocycles. The van der Waals surface area contributed by atoms with E-state index < -0.39 is 0 Å². The van der Waals surface area contributed by atoms with E-state index in [1.54, 1.807) is 30.3 Å². The van der Waals surface area contributed by atoms with Crippen LogP contribution in [0.25, 0.3) is 11.5 Å². The number of rotatable bonds is 3. The summed E-state index contributed by atoms with van der Waals surface area (Å²) in [7, 11) is 1.69. The average Bonchev–Trinajstić information content (AvgIpc) is 3.16. The van der Waals surface area contributed by atoms with Crippen molar-refractivity contribution < 1.29 is 14.6 Å². The van der Waals surface area contributed by atoms with E-state index in [0.717, 1.165) is 5.69 Å². The molecule has 0 bridgehead atoms. The van der Waals surface area contributed by atoms with Crippen molar-refractivity contribution >= 4 is 17.6 Å². The molecule has 0 spiro atoms. The number of nitrogens with zero attached hydrogens (tertiary/aromatic N) is 3. The maximum Gasteiger partial charge on any atom is 0.206 e. The minimum atomic E-state index is -0.189. The van der Waals surface area contributed by atoms with Gasteiger partial charge in [-0.2, -0.15) is 5.10 Å². The van der Waals surface area contributed by atoms with Gasteiger partial charge in [-0.25, -0.2) is 4.68 Å². The molecule has 0 amide bonds. The number of thiazole rings is 1. The van der Waals surface area contributed by atoms with Crippen LogP contribution in [0, 0.1) is 0 Å². The second-order valence-corrected chi connectivity index (χ2v) is 5.25. The van der Waals surface area contributed by atoms with Crippen molar-refractivity contribution in [1.29, 1.82) is 0 Å². The molecule has 7 heteroatoms. The van der Waals surface area contributed by atoms with Gasteiger partial charge in [0.05, 0.1) is 12.5 Å². The van der Waals surface area contributed by atoms with Gasteiger partial charge in [0.2, 0.25) is 4.80 Å². The van der Waals surface area contributed by atoms with Gasteiger partial charge >= 0.3 is 0 Å². The van der Waals surface area contributed by atoms with Crippen LogP contribution in [0.5, 0.6) is 11.5 Å². The molecule has 3 rings (SSSR count). The molecular weight excluding hydrogens is 302 g/mol. The molecular formula is C15H13N3O3S. The van der Waals surface area contributed by atoms with E-state index in [9.17, 15) is 10.2 Å². The SMILES string of the molecule is CN=c1scc(-c2ccco2)n1/N=C/c1ccc(O)c(O)c1. The van der Waals surface area contributed by atoms with Crippen LogP contribution in [0.4, 0.5) is 0 Å². The van der Waals surface area contributed by atoms with E-state index in [-0.39, 0.29) is 11.5 Å². The van der Waals surface area contributed by atoms with E-state index in [4.69, 9.17) is 4.42 Å². The molecule has 0 radical (unpaired) electrons. The first-order valence-electron chi connectivity index (χ1n) is 6.42. The Bertz CT molecular complexity index is 876. The van der Waals surface area contributed by atoms with Crippen LogP contribution >= 0.6 is 11.3 Å². The standard InChI is InChI=1S/C15H13N3O3S/c1-16-15-18(11(9-22-15)14-3-2-6-21-14)17-8-10-4-5-12(19)13(20)7-10/h2-9,19-20H,1H3/b16-15?,17-8+. The molecule has 0 atom stereocenters. The third-order valence-corrected chi connectivity index (χ3v) is 3.88. The Kier molecular flexibility index (Phi) is 3.80. The van der Waals surface area contributed by atoms with Gasteiger partial charge in [0, 0.05) is 12.4 Å². The predicted octanol–water partition coefficient (Wildman–Crippen LogP) is 2.63. The van der Waals surface area contributed by atoms with E-state index in [2.05, 4.69) is 10.1 Å². The first kappa shape index (κ1) is 14.2. The smallest absolute Gasteiger partial charge is 0.206 e. The summed E-state index contributed by atoms with van der Waals surface area (Å²) >= 11 is 1.45. The van der Waals surface area contributed by atoms with Crippen molar-refractivity contribution in [3.63, 3.8) is 0 Å². The Hall–Kier alpha value is -2.80. The quantitative estimate of drug-likeness (QED) is 0.575. The van der Waals surface area contributed by atoms with Crippen LogP contribution in [0.3, 0.4) is 0 Å². The summed E-state index contributed by atoms with van der Waals surface area (Å²) in [6.45, 7) is 0. The molecule has 0 saturated carbocycles. The fourth-order valence-electron chi connectivity index (χ4n) is 1.90. The van der Waals surface area contributed by atoms with Crippen molar-refractivity contribution in [1.82, 2.24) is 4.68 Å². The summed E-state index contributed by atoms with van der Waals surface area (Å²) in [5.41, 5.74) is 1.44. The summed E-state index contributed by atoms with van der Waals surface area (Å²) in [5, 5.41) is 25.1. The highest BCUT2D eigenvalue weighted by Crippen LogP contribution is 2.24. The second-order valence-electron chi connectivity index (χ2n) is 4.41. The molecule has 2 aromatic heterocycles. The lowest BCUT2D eigenvalue weighted by atomic mass is 10.2. The van der Waals surface area contributed by atoms with Crippen LogP contribution in [0.15, 0.2) is 56.5 Å². The van der Waals surface area contributed by atoms with Gasteiger partial charge in [0.1, 0.15) is 5.69 Å². The normalized spacial score (nSPS) is 12.3. The van der Waals surface area contributed by atoms with E-state index in [1.165, 1.54) is 23.5 Å². The Morgan fingerprint density at radius 3 is 2.77 bits per heavy atom. The van der Waals surface area contributed by atoms with Gasteiger partial charge in [0.25, 0.3) is 0 Å². The molecule has 0 unspecified atom stereocenters. The third-order valence-electron chi connectivity index (χ3n) is 2.97. The van der Waals surface area contributed by atoms with Gasteiger partial charge in [-0.1, -0.05) is 0 Å². The number of phenols is 2. The van der Waals surface area contributed by atoms with Crippen LogP contribution in [0.2, 0.25) is 0 Å². The lowest BCUT2D eigenvalue weighted by Crippen LogP contribution is -2.11. The summed E-state index contributed by atoms with van der Waals surface area (Å²) in [4.78, 5) is 4.90. The van der Waals surface area contributed by atoms with E-state index in [1.807, 2.05) is 17.5 Å². The van der Waals surface area contributed by atoms with Crippen LogP contribution < -0.4 is 4.80 Å². The van der Waals surface area contributed by atoms with Crippen LogP contribution in [-0.4, -0.2) is 28.2 Å². The molecule has 22 heavy (non-hydrogen) atoms. The molecule has 112 valence electrons. The van der Waals surface area contributed by atoms with Crippen molar-refractivity contribution in [2.75, 3.05) is 7.05 Å². The van der Waals surface area contributed by atoms with Crippen molar-refractivity contribution in [2.45, 2.75) is 0 Å². The number of benzene rings is 1. The molecule has 1 aromatic carbocycles. The number of hydrogen-bond acceptors (Lipinski definition) is 6. The van der Waals surface area contributed by atoms with Crippen LogP contribution in [0.1, 0.15) is 5.56 Å². The Balaban J connectivity index is 2.03. The van der Waals surface area contributed by atoms with Crippen LogP contribution in [-0.2, 0) is 0 Å². The number of phenolic OH excluding ortho intramolecular Hbond substituents is 2. The van der Waals surface area contributed by atoms with Gasteiger partial charge in [-0.05, 0) is 35.9 Å². The highest BCUT2D eigenvalue weighted by Gasteiger charge is 2.09. The average molecular weight is 315 g/mol. The van der Waals surface area contributed by atoms with Gasteiger partial charge in [-0.3, -0.25) is 4.99 Å². The molecule has 0 aliphatic heterocycles. The molecule has 6 nitrogen and oxygen atoms in total. The molecule has 0 aliphatic rings. The summed E-state index contributed by atoms with van der Waals surface area (Å²) in [5.74, 6) is 0.337. The summed E-state index contributed by atoms with van der Waals surface area (Å²) < 4.78 is 7.06.